The molecule has 1 aromatic heterocycles. The van der Waals surface area contributed by atoms with E-state index in [4.69, 9.17) is 0 Å². The van der Waals surface area contributed by atoms with Gasteiger partial charge in [0.1, 0.15) is 5.01 Å². The Morgan fingerprint density at radius 1 is 1.27 bits per heavy atom. The van der Waals surface area contributed by atoms with Gasteiger partial charge in [-0.25, -0.2) is 9.98 Å². The van der Waals surface area contributed by atoms with E-state index in [1.165, 1.54) is 38.3 Å². The predicted octanol–water partition coefficient (Wildman–Crippen LogP) is 2.35. The number of nitrogens with zero attached hydrogens (tertiary/aromatic N) is 4. The Hall–Kier alpha value is -1.18. The topological polar surface area (TPSA) is 55.8 Å². The number of hydrogen-bond acceptors (Lipinski definition) is 5. The standard InChI is InChI=1S/C19H36N6S/c1-5-20-19(22-14-18-23-17(15-26-18)16(2)3)21-8-6-10-25-11-7-9-24(4)12-13-25/h15-16H,5-14H2,1-4H3,(H2,20,21,22). The van der Waals surface area contributed by atoms with Gasteiger partial charge < -0.3 is 20.4 Å². The van der Waals surface area contributed by atoms with E-state index in [1.54, 1.807) is 11.3 Å². The number of aromatic nitrogens is 1. The van der Waals surface area contributed by atoms with Crippen LogP contribution in [-0.4, -0.2) is 73.6 Å². The van der Waals surface area contributed by atoms with Crippen molar-refractivity contribution in [1.82, 2.24) is 25.4 Å². The number of aliphatic imine (C=N–C) groups is 1. The Bertz CT molecular complexity index is 542. The molecule has 26 heavy (non-hydrogen) atoms. The zero-order valence-corrected chi connectivity index (χ0v) is 17.7. The fourth-order valence-corrected chi connectivity index (χ4v) is 3.86. The lowest BCUT2D eigenvalue weighted by Crippen LogP contribution is -2.39. The van der Waals surface area contributed by atoms with E-state index < -0.39 is 0 Å². The average Bonchev–Trinajstić information content (AvgIpc) is 3.00. The van der Waals surface area contributed by atoms with Gasteiger partial charge >= 0.3 is 0 Å². The molecule has 2 N–H and O–H groups in total. The van der Waals surface area contributed by atoms with Gasteiger partial charge in [-0.05, 0) is 52.4 Å². The molecule has 0 amide bonds. The maximum Gasteiger partial charge on any atom is 0.191 e. The van der Waals surface area contributed by atoms with Crippen LogP contribution in [0.5, 0.6) is 0 Å². The Balaban J connectivity index is 1.72. The van der Waals surface area contributed by atoms with Gasteiger partial charge in [0, 0.05) is 31.6 Å². The SMILES string of the molecule is CCNC(=NCc1nc(C(C)C)cs1)NCCCN1CCCN(C)CC1. The summed E-state index contributed by atoms with van der Waals surface area (Å²) in [4.78, 5) is 14.4. The summed E-state index contributed by atoms with van der Waals surface area (Å²) >= 11 is 1.70. The number of nitrogens with one attached hydrogen (secondary N) is 2. The summed E-state index contributed by atoms with van der Waals surface area (Å²) in [6, 6.07) is 0. The van der Waals surface area contributed by atoms with Crippen LogP contribution in [0, 0.1) is 0 Å². The van der Waals surface area contributed by atoms with Crippen molar-refractivity contribution in [3.05, 3.63) is 16.1 Å². The Morgan fingerprint density at radius 3 is 2.85 bits per heavy atom. The smallest absolute Gasteiger partial charge is 0.191 e. The molecule has 2 heterocycles. The lowest BCUT2D eigenvalue weighted by Gasteiger charge is -2.20. The highest BCUT2D eigenvalue weighted by atomic mass is 32.1. The molecule has 0 unspecified atom stereocenters. The van der Waals surface area contributed by atoms with Crippen LogP contribution in [0.3, 0.4) is 0 Å². The van der Waals surface area contributed by atoms with Gasteiger partial charge in [-0.15, -0.1) is 11.3 Å². The minimum absolute atomic E-state index is 0.481. The summed E-state index contributed by atoms with van der Waals surface area (Å²) in [7, 11) is 2.22. The van der Waals surface area contributed by atoms with Crippen LogP contribution in [0.4, 0.5) is 0 Å². The molecule has 0 bridgehead atoms. The minimum Gasteiger partial charge on any atom is -0.357 e. The van der Waals surface area contributed by atoms with Gasteiger partial charge in [0.2, 0.25) is 0 Å². The van der Waals surface area contributed by atoms with Crippen LogP contribution in [0.25, 0.3) is 0 Å². The summed E-state index contributed by atoms with van der Waals surface area (Å²) in [5.74, 6) is 1.37. The van der Waals surface area contributed by atoms with Crippen molar-refractivity contribution in [2.24, 2.45) is 4.99 Å². The highest BCUT2D eigenvalue weighted by Gasteiger charge is 2.11. The van der Waals surface area contributed by atoms with Gasteiger partial charge in [-0.1, -0.05) is 13.8 Å². The molecule has 1 fully saturated rings. The van der Waals surface area contributed by atoms with E-state index in [9.17, 15) is 0 Å². The summed E-state index contributed by atoms with van der Waals surface area (Å²) in [6.07, 6.45) is 2.42. The molecule has 1 aliphatic heterocycles. The number of guanidine groups is 1. The first-order valence-electron chi connectivity index (χ1n) is 9.96. The maximum atomic E-state index is 4.69. The fourth-order valence-electron chi connectivity index (χ4n) is 2.98. The zero-order valence-electron chi connectivity index (χ0n) is 16.9. The Kier molecular flexibility index (Phi) is 9.36. The van der Waals surface area contributed by atoms with E-state index in [1.807, 2.05) is 0 Å². The molecule has 1 saturated heterocycles. The first kappa shape index (κ1) is 21.1. The molecule has 0 aliphatic carbocycles. The lowest BCUT2D eigenvalue weighted by atomic mass is 10.2. The second kappa shape index (κ2) is 11.5. The van der Waals surface area contributed by atoms with E-state index in [0.29, 0.717) is 12.5 Å². The second-order valence-corrected chi connectivity index (χ2v) is 8.24. The second-order valence-electron chi connectivity index (χ2n) is 7.29. The van der Waals surface area contributed by atoms with Gasteiger partial charge in [0.15, 0.2) is 5.96 Å². The fraction of sp³-hybridized carbons (Fsp3) is 0.789. The van der Waals surface area contributed by atoms with E-state index >= 15 is 0 Å². The zero-order chi connectivity index (χ0) is 18.8. The van der Waals surface area contributed by atoms with Crippen molar-refractivity contribution in [2.45, 2.75) is 46.1 Å². The quantitative estimate of drug-likeness (QED) is 0.412. The van der Waals surface area contributed by atoms with E-state index in [0.717, 1.165) is 37.0 Å². The highest BCUT2D eigenvalue weighted by molar-refractivity contribution is 7.09. The molecular formula is C19H36N6S. The van der Waals surface area contributed by atoms with Crippen molar-refractivity contribution in [2.75, 3.05) is 52.9 Å². The summed E-state index contributed by atoms with van der Waals surface area (Å²) in [5, 5.41) is 10.0. The van der Waals surface area contributed by atoms with Crippen LogP contribution >= 0.6 is 11.3 Å². The van der Waals surface area contributed by atoms with Crippen molar-refractivity contribution in [1.29, 1.82) is 0 Å². The molecule has 1 aromatic rings. The monoisotopic (exact) mass is 380 g/mol. The molecule has 0 atom stereocenters. The molecule has 1 aliphatic rings. The van der Waals surface area contributed by atoms with Gasteiger partial charge in [0.25, 0.3) is 0 Å². The van der Waals surface area contributed by atoms with Gasteiger partial charge in [-0.2, -0.15) is 0 Å². The first-order chi connectivity index (χ1) is 12.6. The van der Waals surface area contributed by atoms with Crippen LogP contribution in [-0.2, 0) is 6.54 Å². The number of likely N-dealkylation sites (N-methyl/N-ethyl adjacent to an activating group) is 1. The Morgan fingerprint density at radius 2 is 2.12 bits per heavy atom. The third kappa shape index (κ3) is 7.60. The van der Waals surface area contributed by atoms with Crippen molar-refractivity contribution >= 4 is 17.3 Å². The van der Waals surface area contributed by atoms with E-state index in [-0.39, 0.29) is 0 Å². The number of rotatable bonds is 8. The van der Waals surface area contributed by atoms with Crippen LogP contribution < -0.4 is 10.6 Å². The number of hydrogen-bond donors (Lipinski definition) is 2. The largest absolute Gasteiger partial charge is 0.357 e. The molecule has 0 aromatic carbocycles. The molecule has 6 nitrogen and oxygen atoms in total. The normalized spacial score (nSPS) is 17.5. The van der Waals surface area contributed by atoms with Gasteiger partial charge in [0.05, 0.1) is 12.2 Å². The molecule has 7 heteroatoms. The van der Waals surface area contributed by atoms with Crippen molar-refractivity contribution in [3.63, 3.8) is 0 Å². The van der Waals surface area contributed by atoms with E-state index in [2.05, 4.69) is 63.6 Å². The average molecular weight is 381 g/mol. The molecule has 0 spiro atoms. The third-order valence-corrected chi connectivity index (χ3v) is 5.49. The molecule has 148 valence electrons. The third-order valence-electron chi connectivity index (χ3n) is 4.63. The first-order valence-corrected chi connectivity index (χ1v) is 10.8. The lowest BCUT2D eigenvalue weighted by molar-refractivity contribution is 0.274. The molecule has 2 rings (SSSR count). The van der Waals surface area contributed by atoms with Crippen molar-refractivity contribution < 1.29 is 0 Å². The summed E-state index contributed by atoms with van der Waals surface area (Å²) in [6.45, 7) is 14.9. The Labute approximate surface area is 163 Å². The van der Waals surface area contributed by atoms with Crippen LogP contribution in [0.2, 0.25) is 0 Å². The summed E-state index contributed by atoms with van der Waals surface area (Å²) in [5.41, 5.74) is 1.17. The maximum absolute atomic E-state index is 4.69. The molecule has 0 radical (unpaired) electrons. The molecular weight excluding hydrogens is 344 g/mol. The van der Waals surface area contributed by atoms with Crippen LogP contribution in [0.15, 0.2) is 10.4 Å². The van der Waals surface area contributed by atoms with Crippen LogP contribution in [0.1, 0.15) is 50.2 Å². The number of thiazole rings is 1. The highest BCUT2D eigenvalue weighted by Crippen LogP contribution is 2.18. The molecule has 0 saturated carbocycles. The van der Waals surface area contributed by atoms with Gasteiger partial charge in [-0.3, -0.25) is 0 Å². The minimum atomic E-state index is 0.481. The van der Waals surface area contributed by atoms with Crippen molar-refractivity contribution in [3.8, 4) is 0 Å². The summed E-state index contributed by atoms with van der Waals surface area (Å²) < 4.78 is 0. The predicted molar refractivity (Wildman–Crippen MR) is 112 cm³/mol.